The Hall–Kier alpha value is -2.14. The summed E-state index contributed by atoms with van der Waals surface area (Å²) in [5.74, 6) is 2.19. The fraction of sp³-hybridized carbons (Fsp3) is 0.368. The Labute approximate surface area is 144 Å². The lowest BCUT2D eigenvalue weighted by molar-refractivity contribution is 0.414. The molecule has 24 heavy (non-hydrogen) atoms. The van der Waals surface area contributed by atoms with E-state index in [9.17, 15) is 4.79 Å². The molecule has 0 N–H and O–H groups in total. The zero-order chi connectivity index (χ0) is 16.8. The predicted octanol–water partition coefficient (Wildman–Crippen LogP) is 3.89. The molecule has 4 nitrogen and oxygen atoms in total. The first-order valence-electron chi connectivity index (χ1n) is 8.27. The maximum Gasteiger partial charge on any atom is 0.267 e. The van der Waals surface area contributed by atoms with Gasteiger partial charge in [0.1, 0.15) is 16.4 Å². The van der Waals surface area contributed by atoms with Crippen LogP contribution in [0, 0.1) is 12.8 Å². The number of rotatable bonds is 2. The second kappa shape index (κ2) is 5.74. The summed E-state index contributed by atoms with van der Waals surface area (Å²) in [4.78, 5) is 20.2. The van der Waals surface area contributed by atoms with Crippen molar-refractivity contribution in [1.82, 2.24) is 9.55 Å². The molecule has 0 unspecified atom stereocenters. The Morgan fingerprint density at radius 3 is 2.75 bits per heavy atom. The number of aryl methyl sites for hydroxylation is 2. The van der Waals surface area contributed by atoms with Gasteiger partial charge in [-0.05, 0) is 61.9 Å². The van der Waals surface area contributed by atoms with Gasteiger partial charge >= 0.3 is 0 Å². The molecule has 1 atom stereocenters. The van der Waals surface area contributed by atoms with Crippen LogP contribution in [-0.4, -0.2) is 16.7 Å². The molecule has 1 aliphatic carbocycles. The van der Waals surface area contributed by atoms with Gasteiger partial charge in [0.15, 0.2) is 0 Å². The number of benzene rings is 1. The number of ether oxygens (including phenoxy) is 1. The minimum atomic E-state index is 0.0507. The summed E-state index contributed by atoms with van der Waals surface area (Å²) >= 11 is 1.70. The smallest absolute Gasteiger partial charge is 0.267 e. The molecule has 0 bridgehead atoms. The average Bonchev–Trinajstić information content (AvgIpc) is 2.92. The Kier molecular flexibility index (Phi) is 3.68. The van der Waals surface area contributed by atoms with Crippen LogP contribution in [0.25, 0.3) is 15.9 Å². The lowest BCUT2D eigenvalue weighted by Gasteiger charge is -2.17. The largest absolute Gasteiger partial charge is 0.497 e. The second-order valence-corrected chi connectivity index (χ2v) is 7.61. The lowest BCUT2D eigenvalue weighted by atomic mass is 9.89. The van der Waals surface area contributed by atoms with Gasteiger partial charge in [-0.25, -0.2) is 4.98 Å². The van der Waals surface area contributed by atoms with Gasteiger partial charge in [-0.3, -0.25) is 9.36 Å². The average molecular weight is 340 g/mol. The summed E-state index contributed by atoms with van der Waals surface area (Å²) in [6, 6.07) is 7.55. The number of methoxy groups -OCH3 is 1. The van der Waals surface area contributed by atoms with E-state index in [-0.39, 0.29) is 5.56 Å². The van der Waals surface area contributed by atoms with Crippen molar-refractivity contribution in [1.29, 1.82) is 0 Å². The molecule has 4 rings (SSSR count). The first-order chi connectivity index (χ1) is 11.6. The number of hydrogen-bond donors (Lipinski definition) is 0. The lowest BCUT2D eigenvalue weighted by Crippen LogP contribution is -2.23. The van der Waals surface area contributed by atoms with Gasteiger partial charge in [0.25, 0.3) is 5.56 Å². The summed E-state index contributed by atoms with van der Waals surface area (Å²) in [5, 5.41) is 0.823. The SMILES string of the molecule is COc1ccc(-n2c(C)nc3sc4c(c3c2=O)CC[C@H](C)C4)cc1. The van der Waals surface area contributed by atoms with E-state index in [4.69, 9.17) is 9.72 Å². The Balaban J connectivity index is 1.94. The van der Waals surface area contributed by atoms with Gasteiger partial charge in [0.2, 0.25) is 0 Å². The molecule has 0 amide bonds. The van der Waals surface area contributed by atoms with Crippen molar-refractivity contribution in [2.75, 3.05) is 7.11 Å². The third-order valence-corrected chi connectivity index (χ3v) is 5.98. The van der Waals surface area contributed by atoms with Crippen LogP contribution in [0.5, 0.6) is 5.75 Å². The van der Waals surface area contributed by atoms with E-state index >= 15 is 0 Å². The Morgan fingerprint density at radius 1 is 1.29 bits per heavy atom. The summed E-state index contributed by atoms with van der Waals surface area (Å²) in [6.07, 6.45) is 3.20. The van der Waals surface area contributed by atoms with Gasteiger partial charge in [-0.15, -0.1) is 11.3 Å². The number of fused-ring (bicyclic) bond motifs is 3. The first kappa shape index (κ1) is 15.4. The van der Waals surface area contributed by atoms with Gasteiger partial charge in [-0.1, -0.05) is 6.92 Å². The molecule has 0 spiro atoms. The van der Waals surface area contributed by atoms with E-state index in [0.29, 0.717) is 5.92 Å². The Morgan fingerprint density at radius 2 is 2.04 bits per heavy atom. The highest BCUT2D eigenvalue weighted by Gasteiger charge is 2.24. The van der Waals surface area contributed by atoms with Crippen molar-refractivity contribution < 1.29 is 4.74 Å². The van der Waals surface area contributed by atoms with E-state index in [1.807, 2.05) is 31.2 Å². The van der Waals surface area contributed by atoms with Crippen molar-refractivity contribution in [3.05, 3.63) is 50.9 Å². The molecule has 2 heterocycles. The molecule has 5 heteroatoms. The molecular formula is C19H20N2O2S. The third kappa shape index (κ3) is 2.35. The minimum Gasteiger partial charge on any atom is -0.497 e. The van der Waals surface area contributed by atoms with Crippen molar-refractivity contribution in [3.8, 4) is 11.4 Å². The number of nitrogens with zero attached hydrogens (tertiary/aromatic N) is 2. The van der Waals surface area contributed by atoms with E-state index < -0.39 is 0 Å². The molecule has 0 fully saturated rings. The summed E-state index contributed by atoms with van der Waals surface area (Å²) in [7, 11) is 1.64. The van der Waals surface area contributed by atoms with Crippen LogP contribution >= 0.6 is 11.3 Å². The van der Waals surface area contributed by atoms with Crippen LogP contribution < -0.4 is 10.3 Å². The topological polar surface area (TPSA) is 44.1 Å². The van der Waals surface area contributed by atoms with Crippen LogP contribution in [0.3, 0.4) is 0 Å². The van der Waals surface area contributed by atoms with Crippen LogP contribution in [0.15, 0.2) is 29.1 Å². The number of aromatic nitrogens is 2. The number of thiophene rings is 1. The van der Waals surface area contributed by atoms with Crippen LogP contribution in [0.1, 0.15) is 29.6 Å². The molecule has 124 valence electrons. The highest BCUT2D eigenvalue weighted by molar-refractivity contribution is 7.18. The van der Waals surface area contributed by atoms with Gasteiger partial charge < -0.3 is 4.74 Å². The molecule has 1 aliphatic rings. The van der Waals surface area contributed by atoms with Crippen molar-refractivity contribution in [2.45, 2.75) is 33.1 Å². The van der Waals surface area contributed by atoms with E-state index in [1.54, 1.807) is 23.0 Å². The fourth-order valence-electron chi connectivity index (χ4n) is 3.53. The molecule has 0 aliphatic heterocycles. The standard InChI is InChI=1S/C19H20N2O2S/c1-11-4-9-15-16(10-11)24-18-17(15)19(22)21(12(2)20-18)13-5-7-14(23-3)8-6-13/h5-8,11H,4,9-10H2,1-3H3/t11-/m0/s1. The van der Waals surface area contributed by atoms with Crippen molar-refractivity contribution in [3.63, 3.8) is 0 Å². The van der Waals surface area contributed by atoms with Gasteiger partial charge in [0, 0.05) is 4.88 Å². The van der Waals surface area contributed by atoms with Crippen LogP contribution in [0.4, 0.5) is 0 Å². The zero-order valence-corrected chi connectivity index (χ0v) is 14.9. The molecular weight excluding hydrogens is 320 g/mol. The van der Waals surface area contributed by atoms with Crippen molar-refractivity contribution in [2.24, 2.45) is 5.92 Å². The zero-order valence-electron chi connectivity index (χ0n) is 14.1. The second-order valence-electron chi connectivity index (χ2n) is 6.53. The molecule has 3 aromatic rings. The highest BCUT2D eigenvalue weighted by Crippen LogP contribution is 2.36. The van der Waals surface area contributed by atoms with E-state index in [1.165, 1.54) is 10.4 Å². The predicted molar refractivity (Wildman–Crippen MR) is 97.7 cm³/mol. The maximum absolute atomic E-state index is 13.2. The maximum atomic E-state index is 13.2. The summed E-state index contributed by atoms with van der Waals surface area (Å²) < 4.78 is 6.92. The van der Waals surface area contributed by atoms with Crippen LogP contribution in [-0.2, 0) is 12.8 Å². The first-order valence-corrected chi connectivity index (χ1v) is 9.08. The quantitative estimate of drug-likeness (QED) is 0.711. The molecule has 0 radical (unpaired) electrons. The normalized spacial score (nSPS) is 17.0. The van der Waals surface area contributed by atoms with Crippen LogP contribution in [0.2, 0.25) is 0 Å². The van der Waals surface area contributed by atoms with Gasteiger partial charge in [-0.2, -0.15) is 0 Å². The third-order valence-electron chi connectivity index (χ3n) is 4.83. The van der Waals surface area contributed by atoms with E-state index in [2.05, 4.69) is 6.92 Å². The molecule has 2 aromatic heterocycles. The highest BCUT2D eigenvalue weighted by atomic mass is 32.1. The van der Waals surface area contributed by atoms with Gasteiger partial charge in [0.05, 0.1) is 18.2 Å². The fourth-order valence-corrected chi connectivity index (χ4v) is 4.95. The number of hydrogen-bond acceptors (Lipinski definition) is 4. The minimum absolute atomic E-state index is 0.0507. The molecule has 0 saturated carbocycles. The van der Waals surface area contributed by atoms with E-state index in [0.717, 1.165) is 46.7 Å². The summed E-state index contributed by atoms with van der Waals surface area (Å²) in [6.45, 7) is 4.17. The Bertz CT molecular complexity index is 970. The molecule has 1 aromatic carbocycles. The van der Waals surface area contributed by atoms with Crippen molar-refractivity contribution >= 4 is 21.6 Å². The summed E-state index contributed by atoms with van der Waals surface area (Å²) in [5.41, 5.74) is 2.11. The molecule has 0 saturated heterocycles. The monoisotopic (exact) mass is 340 g/mol.